The highest BCUT2D eigenvalue weighted by molar-refractivity contribution is 6.31. The normalized spacial score (nSPS) is 12.2. The summed E-state index contributed by atoms with van der Waals surface area (Å²) in [5.41, 5.74) is 7.16. The van der Waals surface area contributed by atoms with Crippen molar-refractivity contribution in [1.82, 2.24) is 10.3 Å². The molecule has 0 bridgehead atoms. The second-order valence-corrected chi connectivity index (χ2v) is 4.38. The van der Waals surface area contributed by atoms with E-state index >= 15 is 0 Å². The zero-order valence-corrected chi connectivity index (χ0v) is 11.4. The largest absolute Gasteiger partial charge is 0.352 e. The maximum absolute atomic E-state index is 12.0. The van der Waals surface area contributed by atoms with Gasteiger partial charge in [-0.15, -0.1) is 12.4 Å². The van der Waals surface area contributed by atoms with Gasteiger partial charge in [0.1, 0.15) is 0 Å². The number of fused-ring (bicyclic) bond motifs is 1. The van der Waals surface area contributed by atoms with Crippen molar-refractivity contribution in [3.8, 4) is 0 Å². The molecule has 18 heavy (non-hydrogen) atoms. The van der Waals surface area contributed by atoms with Crippen molar-refractivity contribution in [2.75, 3.05) is 13.6 Å². The Morgan fingerprint density at radius 2 is 2.22 bits per heavy atom. The Kier molecular flexibility index (Phi) is 5.16. The van der Waals surface area contributed by atoms with E-state index in [-0.39, 0.29) is 18.2 Å². The first-order chi connectivity index (χ1) is 8.11. The summed E-state index contributed by atoms with van der Waals surface area (Å²) in [7, 11) is 1.76. The molecular weight excluding hydrogens is 273 g/mol. The van der Waals surface area contributed by atoms with Gasteiger partial charge in [0.25, 0.3) is 0 Å². The number of hydrogen-bond acceptors (Lipinski definition) is 3. The Labute approximate surface area is 116 Å². The number of likely N-dealkylation sites (N-methyl/N-ethyl adjacent to an activating group) is 1. The number of benzene rings is 1. The molecule has 4 nitrogen and oxygen atoms in total. The van der Waals surface area contributed by atoms with Gasteiger partial charge in [0, 0.05) is 22.5 Å². The quantitative estimate of drug-likeness (QED) is 0.753. The fraction of sp³-hybridized carbons (Fsp3) is 0.250. The number of Topliss-reactive ketones (excluding diaryl/α,β-unsaturated/α-hetero) is 1. The summed E-state index contributed by atoms with van der Waals surface area (Å²) in [6.45, 7) is 0.453. The molecule has 1 unspecified atom stereocenters. The van der Waals surface area contributed by atoms with Crippen LogP contribution in [-0.4, -0.2) is 30.4 Å². The monoisotopic (exact) mass is 287 g/mol. The standard InChI is InChI=1S/C12H14ClN3O.ClH/c1-15-6-9(14)12(17)11-5-7-4-8(13)2-3-10(7)16-11;/h2-5,9,15-16H,6,14H2,1H3;1H. The second-order valence-electron chi connectivity index (χ2n) is 3.94. The zero-order chi connectivity index (χ0) is 12.4. The molecule has 6 heteroatoms. The predicted molar refractivity (Wildman–Crippen MR) is 76.8 cm³/mol. The lowest BCUT2D eigenvalue weighted by molar-refractivity contribution is 0.0957. The number of nitrogens with two attached hydrogens (primary N) is 1. The van der Waals surface area contributed by atoms with Crippen LogP contribution >= 0.6 is 24.0 Å². The van der Waals surface area contributed by atoms with Crippen LogP contribution in [0.15, 0.2) is 24.3 Å². The highest BCUT2D eigenvalue weighted by atomic mass is 35.5. The molecule has 2 rings (SSSR count). The van der Waals surface area contributed by atoms with Gasteiger partial charge in [-0.25, -0.2) is 0 Å². The number of nitrogens with one attached hydrogen (secondary N) is 2. The van der Waals surface area contributed by atoms with E-state index in [1.54, 1.807) is 19.2 Å². The number of H-pyrrole nitrogens is 1. The van der Waals surface area contributed by atoms with Crippen molar-refractivity contribution in [1.29, 1.82) is 0 Å². The summed E-state index contributed by atoms with van der Waals surface area (Å²) in [6, 6.07) is 6.68. The lowest BCUT2D eigenvalue weighted by Gasteiger charge is -2.07. The molecule has 0 saturated heterocycles. The summed E-state index contributed by atoms with van der Waals surface area (Å²) in [5.74, 6) is -0.105. The van der Waals surface area contributed by atoms with Crippen LogP contribution in [0.3, 0.4) is 0 Å². The van der Waals surface area contributed by atoms with Crippen LogP contribution in [0.2, 0.25) is 5.02 Å². The molecule has 0 spiro atoms. The van der Waals surface area contributed by atoms with E-state index in [0.717, 1.165) is 10.9 Å². The Balaban J connectivity index is 0.00000162. The lowest BCUT2D eigenvalue weighted by Crippen LogP contribution is -2.39. The first kappa shape index (κ1) is 15.0. The van der Waals surface area contributed by atoms with Crippen LogP contribution in [-0.2, 0) is 0 Å². The first-order valence-electron chi connectivity index (χ1n) is 5.34. The van der Waals surface area contributed by atoms with Crippen molar-refractivity contribution < 1.29 is 4.79 Å². The fourth-order valence-electron chi connectivity index (χ4n) is 1.75. The van der Waals surface area contributed by atoms with Gasteiger partial charge in [-0.3, -0.25) is 4.79 Å². The van der Waals surface area contributed by atoms with E-state index < -0.39 is 6.04 Å². The van der Waals surface area contributed by atoms with Crippen molar-refractivity contribution >= 4 is 40.7 Å². The number of rotatable bonds is 4. The molecule has 0 radical (unpaired) electrons. The Bertz CT molecular complexity index is 553. The van der Waals surface area contributed by atoms with Gasteiger partial charge in [-0.2, -0.15) is 0 Å². The molecule has 0 saturated carbocycles. The third-order valence-corrected chi connectivity index (χ3v) is 2.84. The highest BCUT2D eigenvalue weighted by Gasteiger charge is 2.16. The van der Waals surface area contributed by atoms with E-state index in [4.69, 9.17) is 17.3 Å². The summed E-state index contributed by atoms with van der Waals surface area (Å²) in [6.07, 6.45) is 0. The smallest absolute Gasteiger partial charge is 0.196 e. The Morgan fingerprint density at radius 1 is 1.50 bits per heavy atom. The van der Waals surface area contributed by atoms with Crippen molar-refractivity contribution in [3.05, 3.63) is 35.0 Å². The average molecular weight is 288 g/mol. The van der Waals surface area contributed by atoms with E-state index in [1.807, 2.05) is 12.1 Å². The number of ketones is 1. The maximum atomic E-state index is 12.0. The number of carbonyl (C=O) groups excluding carboxylic acids is 1. The third kappa shape index (κ3) is 3.03. The Hall–Kier alpha value is -1.07. The first-order valence-corrected chi connectivity index (χ1v) is 5.72. The molecule has 0 amide bonds. The molecule has 0 aliphatic heterocycles. The van der Waals surface area contributed by atoms with Crippen LogP contribution < -0.4 is 11.1 Å². The van der Waals surface area contributed by atoms with Gasteiger partial charge in [-0.05, 0) is 31.3 Å². The second kappa shape index (κ2) is 6.20. The average Bonchev–Trinajstić information content (AvgIpc) is 2.71. The summed E-state index contributed by atoms with van der Waals surface area (Å²) >= 11 is 5.89. The van der Waals surface area contributed by atoms with Gasteiger partial charge in [0.2, 0.25) is 0 Å². The molecule has 2 aromatic rings. The van der Waals surface area contributed by atoms with Crippen molar-refractivity contribution in [3.63, 3.8) is 0 Å². The van der Waals surface area contributed by atoms with Gasteiger partial charge in [0.05, 0.1) is 11.7 Å². The summed E-state index contributed by atoms with van der Waals surface area (Å²) in [5, 5.41) is 4.44. The minimum absolute atomic E-state index is 0. The van der Waals surface area contributed by atoms with Crippen molar-refractivity contribution in [2.45, 2.75) is 6.04 Å². The predicted octanol–water partition coefficient (Wildman–Crippen LogP) is 1.97. The number of hydrogen-bond donors (Lipinski definition) is 3. The van der Waals surface area contributed by atoms with Crippen LogP contribution in [0.4, 0.5) is 0 Å². The van der Waals surface area contributed by atoms with Gasteiger partial charge < -0.3 is 16.0 Å². The van der Waals surface area contributed by atoms with Gasteiger partial charge in [0.15, 0.2) is 5.78 Å². The van der Waals surface area contributed by atoms with E-state index in [1.165, 1.54) is 0 Å². The topological polar surface area (TPSA) is 70.9 Å². The molecule has 1 aromatic carbocycles. The van der Waals surface area contributed by atoms with Gasteiger partial charge >= 0.3 is 0 Å². The van der Waals surface area contributed by atoms with Crippen LogP contribution in [0.25, 0.3) is 10.9 Å². The summed E-state index contributed by atoms with van der Waals surface area (Å²) < 4.78 is 0. The number of aromatic amines is 1. The molecule has 0 fully saturated rings. The van der Waals surface area contributed by atoms with Crippen LogP contribution in [0.5, 0.6) is 0 Å². The number of halogens is 2. The number of carbonyl (C=O) groups is 1. The van der Waals surface area contributed by atoms with Crippen LogP contribution in [0, 0.1) is 0 Å². The summed E-state index contributed by atoms with van der Waals surface area (Å²) in [4.78, 5) is 15.0. The SMILES string of the molecule is CNCC(N)C(=O)c1cc2cc(Cl)ccc2[nH]1.Cl. The fourth-order valence-corrected chi connectivity index (χ4v) is 1.93. The van der Waals surface area contributed by atoms with E-state index in [0.29, 0.717) is 17.3 Å². The minimum Gasteiger partial charge on any atom is -0.352 e. The molecule has 4 N–H and O–H groups in total. The zero-order valence-electron chi connectivity index (χ0n) is 9.87. The highest BCUT2D eigenvalue weighted by Crippen LogP contribution is 2.20. The molecule has 0 aliphatic carbocycles. The van der Waals surface area contributed by atoms with Crippen molar-refractivity contribution in [2.24, 2.45) is 5.73 Å². The number of aromatic nitrogens is 1. The van der Waals surface area contributed by atoms with E-state index in [9.17, 15) is 4.79 Å². The maximum Gasteiger partial charge on any atom is 0.196 e. The van der Waals surface area contributed by atoms with Crippen LogP contribution in [0.1, 0.15) is 10.5 Å². The lowest BCUT2D eigenvalue weighted by atomic mass is 10.1. The molecule has 1 atom stereocenters. The molecular formula is C12H15Cl2N3O. The minimum atomic E-state index is -0.538. The Morgan fingerprint density at radius 3 is 2.89 bits per heavy atom. The molecule has 1 heterocycles. The van der Waals surface area contributed by atoms with E-state index in [2.05, 4.69) is 10.3 Å². The molecule has 1 aromatic heterocycles. The third-order valence-electron chi connectivity index (χ3n) is 2.61. The molecule has 0 aliphatic rings. The molecule has 98 valence electrons. The van der Waals surface area contributed by atoms with Gasteiger partial charge in [-0.1, -0.05) is 11.6 Å².